The monoisotopic (exact) mass is 647 g/mol. The molecule has 4 amide bonds. The molecule has 1 N–H and O–H groups in total. The third kappa shape index (κ3) is 5.76. The normalized spacial score (nSPS) is 25.3. The highest BCUT2D eigenvalue weighted by atomic mass is 16.6. The van der Waals surface area contributed by atoms with Crippen molar-refractivity contribution in [1.29, 1.82) is 0 Å². The number of hydrogen-bond acceptors (Lipinski definition) is 7. The molecule has 0 radical (unpaired) electrons. The van der Waals surface area contributed by atoms with Crippen molar-refractivity contribution in [3.8, 4) is 11.5 Å². The van der Waals surface area contributed by atoms with Gasteiger partial charge in [-0.3, -0.25) is 25.0 Å². The Morgan fingerprint density at radius 3 is 2.31 bits per heavy atom. The number of benzene rings is 3. The van der Waals surface area contributed by atoms with Crippen LogP contribution >= 0.6 is 0 Å². The number of carbonyl (C=O) groups is 3. The summed E-state index contributed by atoms with van der Waals surface area (Å²) in [5, 5.41) is 13.5. The van der Waals surface area contributed by atoms with Gasteiger partial charge in [-0.2, -0.15) is 0 Å². The first-order chi connectivity index (χ1) is 23.2. The molecule has 48 heavy (non-hydrogen) atoms. The highest BCUT2D eigenvalue weighted by Crippen LogP contribution is 2.60. The minimum atomic E-state index is -0.792. The van der Waals surface area contributed by atoms with Crippen molar-refractivity contribution < 1.29 is 28.8 Å². The Balaban J connectivity index is 1.15. The smallest absolute Gasteiger partial charge is 0.335 e. The summed E-state index contributed by atoms with van der Waals surface area (Å²) >= 11 is 0. The molecule has 10 nitrogen and oxygen atoms in total. The third-order valence-corrected chi connectivity index (χ3v) is 10.4. The standard InChI is InChI=1S/C38H37N3O7/c1-3-5-28-15-24(18-33(47-2)34(28)48-22-23-6-4-7-31(16-23)41(45)46)17-32-35(42)39-37(44)40(36(32)43)30-10-8-29(9-11-30)38-19-25-12-26(20-38)14-27(13-25)21-38/h3-4,6-11,15-18,25-27H,1,5,12-14,19-22H2,2H3,(H,39,42,44)/b32-17+. The number of ether oxygens (including phenoxy) is 2. The first-order valence-electron chi connectivity index (χ1n) is 16.4. The van der Waals surface area contributed by atoms with E-state index in [0.717, 1.165) is 22.7 Å². The molecule has 0 spiro atoms. The zero-order valence-corrected chi connectivity index (χ0v) is 26.8. The Morgan fingerprint density at radius 2 is 1.69 bits per heavy atom. The summed E-state index contributed by atoms with van der Waals surface area (Å²) < 4.78 is 11.7. The predicted molar refractivity (Wildman–Crippen MR) is 180 cm³/mol. The van der Waals surface area contributed by atoms with E-state index in [0.29, 0.717) is 40.3 Å². The van der Waals surface area contributed by atoms with Gasteiger partial charge in [-0.15, -0.1) is 6.58 Å². The number of barbiturate groups is 1. The van der Waals surface area contributed by atoms with Gasteiger partial charge in [0, 0.05) is 17.7 Å². The highest BCUT2D eigenvalue weighted by molar-refractivity contribution is 6.39. The summed E-state index contributed by atoms with van der Waals surface area (Å²) in [4.78, 5) is 51.6. The molecule has 10 heteroatoms. The molecule has 3 aromatic carbocycles. The Labute approximate surface area is 278 Å². The van der Waals surface area contributed by atoms with Crippen LogP contribution in [0.2, 0.25) is 0 Å². The summed E-state index contributed by atoms with van der Waals surface area (Å²) in [7, 11) is 1.47. The van der Waals surface area contributed by atoms with Crippen molar-refractivity contribution in [2.24, 2.45) is 17.8 Å². The Kier molecular flexibility index (Phi) is 8.10. The number of nitro groups is 1. The lowest BCUT2D eigenvalue weighted by atomic mass is 9.48. The lowest BCUT2D eigenvalue weighted by Gasteiger charge is -2.57. The molecule has 1 aliphatic heterocycles. The van der Waals surface area contributed by atoms with E-state index in [1.807, 2.05) is 12.1 Å². The Bertz CT molecular complexity index is 1830. The Hall–Kier alpha value is -5.25. The summed E-state index contributed by atoms with van der Waals surface area (Å²) in [6, 6.07) is 16.5. The van der Waals surface area contributed by atoms with E-state index in [4.69, 9.17) is 9.47 Å². The highest BCUT2D eigenvalue weighted by Gasteiger charge is 2.51. The molecule has 1 heterocycles. The van der Waals surface area contributed by atoms with Crippen molar-refractivity contribution in [2.45, 2.75) is 57.0 Å². The van der Waals surface area contributed by atoms with E-state index in [1.54, 1.807) is 30.3 Å². The van der Waals surface area contributed by atoms with Crippen molar-refractivity contribution in [2.75, 3.05) is 12.0 Å². The van der Waals surface area contributed by atoms with Crippen LogP contribution in [0.15, 0.2) is 78.9 Å². The van der Waals surface area contributed by atoms with Crippen LogP contribution in [0, 0.1) is 27.9 Å². The number of allylic oxidation sites excluding steroid dienone is 1. The molecule has 5 fully saturated rings. The van der Waals surface area contributed by atoms with Crippen molar-refractivity contribution >= 4 is 35.3 Å². The second kappa shape index (κ2) is 12.4. The molecule has 4 bridgehead atoms. The van der Waals surface area contributed by atoms with Crippen LogP contribution in [0.5, 0.6) is 11.5 Å². The molecule has 5 aliphatic rings. The van der Waals surface area contributed by atoms with E-state index in [1.165, 1.54) is 69.4 Å². The van der Waals surface area contributed by atoms with Gasteiger partial charge in [0.1, 0.15) is 12.2 Å². The van der Waals surface area contributed by atoms with Crippen LogP contribution < -0.4 is 19.7 Å². The zero-order valence-electron chi connectivity index (χ0n) is 26.8. The Morgan fingerprint density at radius 1 is 1.00 bits per heavy atom. The molecule has 0 atom stereocenters. The molecular weight excluding hydrogens is 610 g/mol. The number of nitrogens with zero attached hydrogens (tertiary/aromatic N) is 2. The number of methoxy groups -OCH3 is 1. The van der Waals surface area contributed by atoms with E-state index < -0.39 is 22.8 Å². The van der Waals surface area contributed by atoms with Gasteiger partial charge in [-0.1, -0.05) is 30.3 Å². The van der Waals surface area contributed by atoms with Gasteiger partial charge < -0.3 is 9.47 Å². The maximum Gasteiger partial charge on any atom is 0.335 e. The fourth-order valence-electron chi connectivity index (χ4n) is 8.79. The summed E-state index contributed by atoms with van der Waals surface area (Å²) in [5.74, 6) is 1.61. The van der Waals surface area contributed by atoms with Crippen LogP contribution in [-0.2, 0) is 28.0 Å². The number of anilines is 1. The van der Waals surface area contributed by atoms with Crippen LogP contribution in [0.4, 0.5) is 16.2 Å². The number of hydrogen-bond donors (Lipinski definition) is 1. The first kappa shape index (κ1) is 31.4. The molecule has 0 unspecified atom stereocenters. The average molecular weight is 648 g/mol. The topological polar surface area (TPSA) is 128 Å². The lowest BCUT2D eigenvalue weighted by molar-refractivity contribution is -0.384. The molecule has 4 saturated carbocycles. The second-order valence-electron chi connectivity index (χ2n) is 13.6. The number of rotatable bonds is 10. The molecule has 0 aromatic heterocycles. The first-order valence-corrected chi connectivity index (χ1v) is 16.4. The summed E-state index contributed by atoms with van der Waals surface area (Å²) in [6.07, 6.45) is 11.1. The lowest BCUT2D eigenvalue weighted by Crippen LogP contribution is -2.54. The summed E-state index contributed by atoms with van der Waals surface area (Å²) in [5.41, 5.74) is 3.36. The molecule has 3 aromatic rings. The van der Waals surface area contributed by atoms with Gasteiger partial charge in [0.15, 0.2) is 11.5 Å². The number of urea groups is 1. The fraction of sp³-hybridized carbons (Fsp3) is 0.342. The largest absolute Gasteiger partial charge is 0.493 e. The van der Waals surface area contributed by atoms with Gasteiger partial charge in [0.05, 0.1) is 17.7 Å². The predicted octanol–water partition coefficient (Wildman–Crippen LogP) is 7.05. The third-order valence-electron chi connectivity index (χ3n) is 10.4. The van der Waals surface area contributed by atoms with Crippen LogP contribution in [0.1, 0.15) is 60.8 Å². The molecular formula is C38H37N3O7. The second-order valence-corrected chi connectivity index (χ2v) is 13.6. The van der Waals surface area contributed by atoms with Gasteiger partial charge in [-0.05, 0) is 115 Å². The van der Waals surface area contributed by atoms with Crippen LogP contribution in [-0.4, -0.2) is 29.9 Å². The minimum Gasteiger partial charge on any atom is -0.493 e. The minimum absolute atomic E-state index is 0.0436. The fourth-order valence-corrected chi connectivity index (χ4v) is 8.79. The number of carbonyl (C=O) groups excluding carboxylic acids is 3. The molecule has 8 rings (SSSR count). The van der Waals surface area contributed by atoms with Gasteiger partial charge in [0.25, 0.3) is 17.5 Å². The number of imide groups is 2. The number of amides is 4. The molecule has 4 aliphatic carbocycles. The van der Waals surface area contributed by atoms with Crippen molar-refractivity contribution in [3.63, 3.8) is 0 Å². The van der Waals surface area contributed by atoms with Gasteiger partial charge in [0.2, 0.25) is 0 Å². The van der Waals surface area contributed by atoms with E-state index in [2.05, 4.69) is 24.0 Å². The summed E-state index contributed by atoms with van der Waals surface area (Å²) in [6.45, 7) is 3.88. The van der Waals surface area contributed by atoms with Crippen LogP contribution in [0.25, 0.3) is 6.08 Å². The van der Waals surface area contributed by atoms with E-state index in [9.17, 15) is 24.5 Å². The van der Waals surface area contributed by atoms with Gasteiger partial charge >= 0.3 is 6.03 Å². The van der Waals surface area contributed by atoms with Crippen molar-refractivity contribution in [1.82, 2.24) is 5.32 Å². The van der Waals surface area contributed by atoms with E-state index >= 15 is 0 Å². The zero-order chi connectivity index (χ0) is 33.6. The maximum absolute atomic E-state index is 13.8. The number of nitrogens with one attached hydrogen (secondary N) is 1. The number of nitro benzene ring substituents is 1. The van der Waals surface area contributed by atoms with Crippen molar-refractivity contribution in [3.05, 3.63) is 111 Å². The van der Waals surface area contributed by atoms with E-state index in [-0.39, 0.29) is 23.3 Å². The molecule has 1 saturated heterocycles. The maximum atomic E-state index is 13.8. The molecule has 246 valence electrons. The quantitative estimate of drug-likeness (QED) is 0.0822. The number of non-ortho nitro benzene ring substituents is 1. The average Bonchev–Trinajstić information content (AvgIpc) is 3.06. The van der Waals surface area contributed by atoms with Crippen LogP contribution in [0.3, 0.4) is 0 Å². The SMILES string of the molecule is C=CCc1cc(/C=C2\C(=O)NC(=O)N(c3ccc(C45CC6CC(CC(C6)C4)C5)cc3)C2=O)cc(OC)c1OCc1cccc([N+](=O)[O-])c1. The van der Waals surface area contributed by atoms with Gasteiger partial charge in [-0.25, -0.2) is 9.69 Å².